The van der Waals surface area contributed by atoms with Gasteiger partial charge in [0.1, 0.15) is 0 Å². The van der Waals surface area contributed by atoms with Gasteiger partial charge in [0.15, 0.2) is 0 Å². The van der Waals surface area contributed by atoms with Gasteiger partial charge in [0.05, 0.1) is 0 Å². The van der Waals surface area contributed by atoms with Gasteiger partial charge in [-0.15, -0.1) is 0 Å². The number of carbonyl (C=O) groups excluding carboxylic acids is 1. The van der Waals surface area contributed by atoms with E-state index in [1.807, 2.05) is 19.2 Å². The van der Waals surface area contributed by atoms with Crippen molar-refractivity contribution in [3.05, 3.63) is 34.3 Å². The summed E-state index contributed by atoms with van der Waals surface area (Å²) in [6.45, 7) is 7.05. The molecule has 0 bridgehead atoms. The van der Waals surface area contributed by atoms with Crippen LogP contribution < -0.4 is 5.73 Å². The van der Waals surface area contributed by atoms with Crippen molar-refractivity contribution in [2.24, 2.45) is 11.7 Å². The Bertz CT molecular complexity index is 445. The molecule has 118 valence electrons. The van der Waals surface area contributed by atoms with Gasteiger partial charge in [-0.1, -0.05) is 48.8 Å². The Labute approximate surface area is 137 Å². The van der Waals surface area contributed by atoms with Crippen LogP contribution in [0.2, 0.25) is 0 Å². The highest BCUT2D eigenvalue weighted by Crippen LogP contribution is 2.22. The molecule has 3 nitrogen and oxygen atoms in total. The molecule has 1 rings (SSSR count). The number of amides is 1. The van der Waals surface area contributed by atoms with Crippen LogP contribution in [-0.4, -0.2) is 30.4 Å². The molecule has 0 aliphatic heterocycles. The number of nitrogens with two attached hydrogens (primary N) is 1. The van der Waals surface area contributed by atoms with E-state index in [0.29, 0.717) is 12.3 Å². The molecule has 0 spiro atoms. The van der Waals surface area contributed by atoms with E-state index in [0.717, 1.165) is 17.4 Å². The third kappa shape index (κ3) is 6.18. The predicted molar refractivity (Wildman–Crippen MR) is 92.2 cm³/mol. The number of hydrogen-bond acceptors (Lipinski definition) is 2. The van der Waals surface area contributed by atoms with Gasteiger partial charge in [-0.05, 0) is 36.0 Å². The molecule has 2 N–H and O–H groups in total. The summed E-state index contributed by atoms with van der Waals surface area (Å²) in [5, 5.41) is 0. The lowest BCUT2D eigenvalue weighted by Gasteiger charge is -2.23. The molecule has 2 unspecified atom stereocenters. The molecule has 0 aliphatic rings. The Morgan fingerprint density at radius 1 is 1.24 bits per heavy atom. The van der Waals surface area contributed by atoms with Crippen LogP contribution in [0.5, 0.6) is 0 Å². The quantitative estimate of drug-likeness (QED) is 0.809. The average Bonchev–Trinajstić information content (AvgIpc) is 2.44. The number of benzene rings is 1. The van der Waals surface area contributed by atoms with Crippen LogP contribution in [0.15, 0.2) is 28.7 Å². The predicted octanol–water partition coefficient (Wildman–Crippen LogP) is 3.77. The Hall–Kier alpha value is -0.870. The van der Waals surface area contributed by atoms with Crippen molar-refractivity contribution in [3.8, 4) is 0 Å². The van der Waals surface area contributed by atoms with Gasteiger partial charge in [-0.2, -0.15) is 0 Å². The van der Waals surface area contributed by atoms with Gasteiger partial charge in [-0.3, -0.25) is 4.79 Å². The van der Waals surface area contributed by atoms with Gasteiger partial charge in [0, 0.05) is 30.5 Å². The normalized spacial score (nSPS) is 14.0. The van der Waals surface area contributed by atoms with Gasteiger partial charge >= 0.3 is 0 Å². The van der Waals surface area contributed by atoms with Crippen molar-refractivity contribution in [3.63, 3.8) is 0 Å². The minimum Gasteiger partial charge on any atom is -0.346 e. The Kier molecular flexibility index (Phi) is 7.40. The standard InChI is InChI=1S/C17H27BrN2O/c1-12(2)16(19)9-10-20(4)17(21)11-13(3)14-5-7-15(18)8-6-14/h5-8,12-13,16H,9-11,19H2,1-4H3. The van der Waals surface area contributed by atoms with E-state index in [4.69, 9.17) is 5.73 Å². The van der Waals surface area contributed by atoms with Crippen molar-refractivity contribution in [1.82, 2.24) is 4.90 Å². The second-order valence-corrected chi connectivity index (χ2v) is 7.08. The molecule has 0 heterocycles. The lowest BCUT2D eigenvalue weighted by atomic mass is 9.97. The monoisotopic (exact) mass is 354 g/mol. The number of rotatable bonds is 7. The van der Waals surface area contributed by atoms with E-state index in [2.05, 4.69) is 48.8 Å². The summed E-state index contributed by atoms with van der Waals surface area (Å²) in [7, 11) is 1.86. The molecule has 0 saturated carbocycles. The number of halogens is 1. The third-order valence-electron chi connectivity index (χ3n) is 4.00. The van der Waals surface area contributed by atoms with Crippen LogP contribution >= 0.6 is 15.9 Å². The third-order valence-corrected chi connectivity index (χ3v) is 4.53. The summed E-state index contributed by atoms with van der Waals surface area (Å²) in [5.74, 6) is 0.864. The van der Waals surface area contributed by atoms with Crippen molar-refractivity contribution in [2.75, 3.05) is 13.6 Å². The Morgan fingerprint density at radius 3 is 2.33 bits per heavy atom. The molecule has 1 amide bonds. The first-order valence-electron chi connectivity index (χ1n) is 7.56. The van der Waals surface area contributed by atoms with E-state index in [1.165, 1.54) is 5.56 Å². The zero-order chi connectivity index (χ0) is 16.0. The maximum absolute atomic E-state index is 12.3. The van der Waals surface area contributed by atoms with E-state index < -0.39 is 0 Å². The van der Waals surface area contributed by atoms with Crippen LogP contribution in [0.3, 0.4) is 0 Å². The second-order valence-electron chi connectivity index (χ2n) is 6.17. The van der Waals surface area contributed by atoms with Crippen molar-refractivity contribution in [1.29, 1.82) is 0 Å². The van der Waals surface area contributed by atoms with Crippen LogP contribution in [0.1, 0.15) is 45.1 Å². The molecular weight excluding hydrogens is 328 g/mol. The largest absolute Gasteiger partial charge is 0.346 e. The van der Waals surface area contributed by atoms with Gasteiger partial charge < -0.3 is 10.6 Å². The number of nitrogens with zero attached hydrogens (tertiary/aromatic N) is 1. The molecule has 2 atom stereocenters. The molecule has 0 radical (unpaired) electrons. The highest BCUT2D eigenvalue weighted by atomic mass is 79.9. The highest BCUT2D eigenvalue weighted by molar-refractivity contribution is 9.10. The number of hydrogen-bond donors (Lipinski definition) is 1. The zero-order valence-electron chi connectivity index (χ0n) is 13.5. The van der Waals surface area contributed by atoms with Gasteiger partial charge in [0.25, 0.3) is 0 Å². The minimum absolute atomic E-state index is 0.157. The highest BCUT2D eigenvalue weighted by Gasteiger charge is 2.16. The molecule has 0 aromatic heterocycles. The fourth-order valence-electron chi connectivity index (χ4n) is 2.13. The van der Waals surface area contributed by atoms with E-state index in [-0.39, 0.29) is 17.9 Å². The number of carbonyl (C=O) groups is 1. The summed E-state index contributed by atoms with van der Waals surface area (Å²) in [6.07, 6.45) is 1.39. The first-order chi connectivity index (χ1) is 9.81. The van der Waals surface area contributed by atoms with Gasteiger partial charge in [0.2, 0.25) is 5.91 Å². The van der Waals surface area contributed by atoms with Crippen LogP contribution in [-0.2, 0) is 4.79 Å². The first kappa shape index (κ1) is 18.2. The summed E-state index contributed by atoms with van der Waals surface area (Å²) in [5.41, 5.74) is 7.22. The maximum Gasteiger partial charge on any atom is 0.222 e. The van der Waals surface area contributed by atoms with E-state index in [9.17, 15) is 4.79 Å². The lowest BCUT2D eigenvalue weighted by Crippen LogP contribution is -2.35. The van der Waals surface area contributed by atoms with Gasteiger partial charge in [-0.25, -0.2) is 0 Å². The first-order valence-corrected chi connectivity index (χ1v) is 8.35. The van der Waals surface area contributed by atoms with Crippen molar-refractivity contribution < 1.29 is 4.79 Å². The molecule has 0 saturated heterocycles. The molecule has 1 aromatic rings. The fraction of sp³-hybridized carbons (Fsp3) is 0.588. The van der Waals surface area contributed by atoms with Crippen molar-refractivity contribution in [2.45, 2.75) is 45.6 Å². The van der Waals surface area contributed by atoms with Crippen LogP contribution in [0, 0.1) is 5.92 Å². The smallest absolute Gasteiger partial charge is 0.222 e. The molecule has 4 heteroatoms. The van der Waals surface area contributed by atoms with Crippen LogP contribution in [0.4, 0.5) is 0 Å². The summed E-state index contributed by atoms with van der Waals surface area (Å²) in [6, 6.07) is 8.32. The summed E-state index contributed by atoms with van der Waals surface area (Å²) < 4.78 is 1.06. The topological polar surface area (TPSA) is 46.3 Å². The molecule has 0 aliphatic carbocycles. The van der Waals surface area contributed by atoms with E-state index in [1.54, 1.807) is 4.90 Å². The summed E-state index contributed by atoms with van der Waals surface area (Å²) in [4.78, 5) is 14.1. The molecule has 1 aromatic carbocycles. The Balaban J connectivity index is 2.46. The average molecular weight is 355 g/mol. The molecule has 21 heavy (non-hydrogen) atoms. The van der Waals surface area contributed by atoms with Crippen LogP contribution in [0.25, 0.3) is 0 Å². The fourth-order valence-corrected chi connectivity index (χ4v) is 2.39. The molecular formula is C17H27BrN2O. The summed E-state index contributed by atoms with van der Waals surface area (Å²) >= 11 is 3.43. The minimum atomic E-state index is 0.157. The second kappa shape index (κ2) is 8.54. The SMILES string of the molecule is CC(CC(=O)N(C)CCC(N)C(C)C)c1ccc(Br)cc1. The van der Waals surface area contributed by atoms with E-state index >= 15 is 0 Å². The lowest BCUT2D eigenvalue weighted by molar-refractivity contribution is -0.130. The maximum atomic E-state index is 12.3. The molecule has 0 fully saturated rings. The Morgan fingerprint density at radius 2 is 1.81 bits per heavy atom. The van der Waals surface area contributed by atoms with Crippen molar-refractivity contribution >= 4 is 21.8 Å². The zero-order valence-corrected chi connectivity index (χ0v) is 15.1.